The lowest BCUT2D eigenvalue weighted by atomic mass is 10.0. The van der Waals surface area contributed by atoms with Gasteiger partial charge in [-0.25, -0.2) is 4.79 Å². The molecule has 2 rings (SSSR count). The fraction of sp³-hybridized carbons (Fsp3) is 0.640. The molecule has 1 aromatic rings. The average molecular weight is 531 g/mol. The van der Waals surface area contributed by atoms with Gasteiger partial charge in [-0.1, -0.05) is 6.92 Å². The molecule has 12 heteroatoms. The van der Waals surface area contributed by atoms with Crippen LogP contribution in [-0.4, -0.2) is 83.9 Å². The van der Waals surface area contributed by atoms with E-state index in [0.29, 0.717) is 11.3 Å². The van der Waals surface area contributed by atoms with Crippen molar-refractivity contribution in [3.8, 4) is 5.75 Å². The van der Waals surface area contributed by atoms with Gasteiger partial charge in [0, 0.05) is 43.2 Å². The fourth-order valence-electron chi connectivity index (χ4n) is 3.91. The van der Waals surface area contributed by atoms with Crippen molar-refractivity contribution in [2.45, 2.75) is 71.3 Å². The van der Waals surface area contributed by atoms with Crippen LogP contribution in [0.5, 0.6) is 5.75 Å². The lowest BCUT2D eigenvalue weighted by Crippen LogP contribution is -2.49. The van der Waals surface area contributed by atoms with Crippen LogP contribution in [0.2, 0.25) is 0 Å². The number of nitrogens with one attached hydrogen (secondary N) is 2. The number of aliphatic hydroxyl groups is 1. The van der Waals surface area contributed by atoms with Gasteiger partial charge in [0.15, 0.2) is 0 Å². The summed E-state index contributed by atoms with van der Waals surface area (Å²) in [5.74, 6) is -0.924. The summed E-state index contributed by atoms with van der Waals surface area (Å²) in [6.45, 7) is 7.55. The van der Waals surface area contributed by atoms with Gasteiger partial charge < -0.3 is 30.3 Å². The first-order valence-electron chi connectivity index (χ1n) is 12.3. The summed E-state index contributed by atoms with van der Waals surface area (Å²) in [5.41, 5.74) is 0.670. The number of hydrogen-bond donors (Lipinski definition) is 3. The maximum Gasteiger partial charge on any atom is 0.389 e. The second-order valence-corrected chi connectivity index (χ2v) is 9.86. The number of hydrogen-bond acceptors (Lipinski definition) is 5. The van der Waals surface area contributed by atoms with E-state index in [4.69, 9.17) is 4.74 Å². The summed E-state index contributed by atoms with van der Waals surface area (Å²) in [6, 6.07) is 3.75. The standard InChI is InChI=1S/C25H37F3N4O5/c1-15(2)29-24(36)31(5)13-21-16(3)12-32(17(4)14-33)23(35)11-18-10-19(6-7-20(18)37-21)30-22(34)8-9-25(26,27)28/h6-7,10,15-17,21,33H,8-9,11-14H2,1-5H3,(H,29,36)(H,30,34)/t16-,17+,21+/m0/s1. The van der Waals surface area contributed by atoms with Gasteiger partial charge in [0.25, 0.3) is 0 Å². The zero-order chi connectivity index (χ0) is 27.9. The highest BCUT2D eigenvalue weighted by atomic mass is 19.4. The molecule has 1 aliphatic rings. The number of carbonyl (C=O) groups is 3. The van der Waals surface area contributed by atoms with Gasteiger partial charge in [0.1, 0.15) is 11.9 Å². The summed E-state index contributed by atoms with van der Waals surface area (Å²) in [6.07, 6.45) is -7.03. The molecule has 37 heavy (non-hydrogen) atoms. The molecule has 0 saturated carbocycles. The van der Waals surface area contributed by atoms with Crippen molar-refractivity contribution >= 4 is 23.5 Å². The van der Waals surface area contributed by atoms with Crippen molar-refractivity contribution < 1.29 is 37.4 Å². The number of alkyl halides is 3. The zero-order valence-electron chi connectivity index (χ0n) is 21.9. The summed E-state index contributed by atoms with van der Waals surface area (Å²) >= 11 is 0. The van der Waals surface area contributed by atoms with E-state index in [-0.39, 0.29) is 55.7 Å². The minimum absolute atomic E-state index is 0.0576. The van der Waals surface area contributed by atoms with Crippen LogP contribution < -0.4 is 15.4 Å². The van der Waals surface area contributed by atoms with E-state index in [9.17, 15) is 32.7 Å². The maximum absolute atomic E-state index is 13.2. The van der Waals surface area contributed by atoms with E-state index in [2.05, 4.69) is 10.6 Å². The minimum atomic E-state index is -4.44. The molecular formula is C25H37F3N4O5. The van der Waals surface area contributed by atoms with Crippen LogP contribution in [0.25, 0.3) is 0 Å². The van der Waals surface area contributed by atoms with Crippen LogP contribution >= 0.6 is 0 Å². The smallest absolute Gasteiger partial charge is 0.389 e. The number of aliphatic hydroxyl groups excluding tert-OH is 1. The van der Waals surface area contributed by atoms with Crippen LogP contribution in [0.4, 0.5) is 23.7 Å². The molecule has 0 fully saturated rings. The Bertz CT molecular complexity index is 957. The van der Waals surface area contributed by atoms with Crippen LogP contribution in [0, 0.1) is 5.92 Å². The zero-order valence-corrected chi connectivity index (χ0v) is 21.9. The molecule has 3 N–H and O–H groups in total. The lowest BCUT2D eigenvalue weighted by Gasteiger charge is -2.34. The van der Waals surface area contributed by atoms with Gasteiger partial charge >= 0.3 is 12.2 Å². The van der Waals surface area contributed by atoms with Crippen molar-refractivity contribution in [3.05, 3.63) is 23.8 Å². The molecular weight excluding hydrogens is 493 g/mol. The average Bonchev–Trinajstić information content (AvgIpc) is 2.84. The van der Waals surface area contributed by atoms with Gasteiger partial charge in [0.2, 0.25) is 11.8 Å². The monoisotopic (exact) mass is 530 g/mol. The Morgan fingerprint density at radius 2 is 1.95 bits per heavy atom. The lowest BCUT2D eigenvalue weighted by molar-refractivity contribution is -0.142. The quantitative estimate of drug-likeness (QED) is 0.478. The molecule has 1 aromatic carbocycles. The minimum Gasteiger partial charge on any atom is -0.488 e. The van der Waals surface area contributed by atoms with Crippen LogP contribution in [-0.2, 0) is 16.0 Å². The first kappa shape index (κ1) is 30.2. The summed E-state index contributed by atoms with van der Waals surface area (Å²) in [5, 5.41) is 15.0. The SMILES string of the molecule is CC(C)NC(=O)N(C)C[C@H]1Oc2ccc(NC(=O)CCC(F)(F)F)cc2CC(=O)N([C@H](C)CO)C[C@@H]1C. The Kier molecular flexibility index (Phi) is 10.6. The molecule has 1 heterocycles. The molecule has 9 nitrogen and oxygen atoms in total. The van der Waals surface area contributed by atoms with E-state index in [1.165, 1.54) is 17.0 Å². The van der Waals surface area contributed by atoms with E-state index in [0.717, 1.165) is 0 Å². The predicted molar refractivity (Wildman–Crippen MR) is 132 cm³/mol. The number of halogens is 3. The molecule has 208 valence electrons. The Morgan fingerprint density at radius 3 is 2.54 bits per heavy atom. The molecule has 3 atom stereocenters. The third kappa shape index (κ3) is 9.42. The highest BCUT2D eigenvalue weighted by Crippen LogP contribution is 2.29. The van der Waals surface area contributed by atoms with Gasteiger partial charge in [-0.05, 0) is 39.0 Å². The van der Waals surface area contributed by atoms with Crippen LogP contribution in [0.15, 0.2) is 18.2 Å². The fourth-order valence-corrected chi connectivity index (χ4v) is 3.91. The number of urea groups is 1. The molecule has 0 aliphatic carbocycles. The number of anilines is 1. The first-order valence-corrected chi connectivity index (χ1v) is 12.3. The Balaban J connectivity index is 2.34. The van der Waals surface area contributed by atoms with Crippen LogP contribution in [0.3, 0.4) is 0 Å². The van der Waals surface area contributed by atoms with E-state index in [1.807, 2.05) is 20.8 Å². The number of amides is 4. The second-order valence-electron chi connectivity index (χ2n) is 9.86. The van der Waals surface area contributed by atoms with E-state index >= 15 is 0 Å². The van der Waals surface area contributed by atoms with Gasteiger partial charge in [-0.2, -0.15) is 13.2 Å². The number of likely N-dealkylation sites (N-methyl/N-ethyl adjacent to an activating group) is 1. The molecule has 0 unspecified atom stereocenters. The van der Waals surface area contributed by atoms with E-state index in [1.54, 1.807) is 24.9 Å². The Morgan fingerprint density at radius 1 is 1.27 bits per heavy atom. The Labute approximate surface area is 215 Å². The number of fused-ring (bicyclic) bond motifs is 1. The maximum atomic E-state index is 13.2. The van der Waals surface area contributed by atoms with Crippen molar-refractivity contribution in [2.24, 2.45) is 5.92 Å². The molecule has 0 radical (unpaired) electrons. The molecule has 0 spiro atoms. The number of ether oxygens (including phenoxy) is 1. The van der Waals surface area contributed by atoms with Crippen molar-refractivity contribution in [2.75, 3.05) is 32.1 Å². The summed E-state index contributed by atoms with van der Waals surface area (Å²) in [4.78, 5) is 40.8. The highest BCUT2D eigenvalue weighted by molar-refractivity contribution is 5.91. The molecule has 1 aliphatic heterocycles. The number of benzene rings is 1. The largest absolute Gasteiger partial charge is 0.488 e. The van der Waals surface area contributed by atoms with Crippen molar-refractivity contribution in [1.29, 1.82) is 0 Å². The second kappa shape index (κ2) is 13.0. The molecule has 4 amide bonds. The van der Waals surface area contributed by atoms with Crippen molar-refractivity contribution in [1.82, 2.24) is 15.1 Å². The van der Waals surface area contributed by atoms with Gasteiger partial charge in [0.05, 0.1) is 32.0 Å². The summed E-state index contributed by atoms with van der Waals surface area (Å²) < 4.78 is 43.7. The van der Waals surface area contributed by atoms with Crippen molar-refractivity contribution in [3.63, 3.8) is 0 Å². The Hall–Kier alpha value is -3.02. The normalized spacial score (nSPS) is 19.2. The number of nitrogens with zero attached hydrogens (tertiary/aromatic N) is 2. The number of rotatable bonds is 8. The molecule has 0 aromatic heterocycles. The van der Waals surface area contributed by atoms with Crippen LogP contribution in [0.1, 0.15) is 46.1 Å². The third-order valence-electron chi connectivity index (χ3n) is 6.05. The van der Waals surface area contributed by atoms with Gasteiger partial charge in [-0.3, -0.25) is 9.59 Å². The highest BCUT2D eigenvalue weighted by Gasteiger charge is 2.32. The number of carbonyl (C=O) groups excluding carboxylic acids is 3. The predicted octanol–water partition coefficient (Wildman–Crippen LogP) is 3.17. The third-order valence-corrected chi connectivity index (χ3v) is 6.05. The van der Waals surface area contributed by atoms with Gasteiger partial charge in [-0.15, -0.1) is 0 Å². The van der Waals surface area contributed by atoms with E-state index < -0.39 is 37.1 Å². The molecule has 0 saturated heterocycles. The first-order chi connectivity index (χ1) is 17.2. The summed E-state index contributed by atoms with van der Waals surface area (Å²) in [7, 11) is 1.64. The topological polar surface area (TPSA) is 111 Å². The molecule has 0 bridgehead atoms.